The molecule has 5 nitrogen and oxygen atoms in total. The first kappa shape index (κ1) is 21.6. The number of nitrogens with one attached hydrogen (secondary N) is 1. The molecule has 0 saturated carbocycles. The third-order valence-corrected chi connectivity index (χ3v) is 5.63. The number of imidazole rings is 1. The molecule has 32 heavy (non-hydrogen) atoms. The number of ether oxygens (including phenoxy) is 1. The molecule has 0 radical (unpaired) electrons. The fraction of sp³-hybridized carbons (Fsp3) is 0.259. The molecule has 164 valence electrons. The van der Waals surface area contributed by atoms with Crippen LogP contribution in [-0.2, 0) is 17.8 Å². The van der Waals surface area contributed by atoms with Crippen LogP contribution >= 0.6 is 0 Å². The fourth-order valence-electron chi connectivity index (χ4n) is 4.06. The summed E-state index contributed by atoms with van der Waals surface area (Å²) in [5.74, 6) is 1.74. The molecule has 1 amide bonds. The highest BCUT2D eigenvalue weighted by Gasteiger charge is 2.19. The van der Waals surface area contributed by atoms with E-state index in [1.807, 2.05) is 61.5 Å². The number of carbonyl (C=O) groups is 1. The van der Waals surface area contributed by atoms with E-state index in [0.29, 0.717) is 19.6 Å². The molecule has 1 heterocycles. The Labute approximate surface area is 189 Å². The van der Waals surface area contributed by atoms with Gasteiger partial charge in [0.2, 0.25) is 5.91 Å². The molecule has 0 bridgehead atoms. The highest BCUT2D eigenvalue weighted by molar-refractivity contribution is 5.79. The number of aromatic nitrogens is 2. The summed E-state index contributed by atoms with van der Waals surface area (Å²) < 4.78 is 8.30. The van der Waals surface area contributed by atoms with Crippen molar-refractivity contribution in [2.45, 2.75) is 39.8 Å². The average molecular weight is 428 g/mol. The highest BCUT2D eigenvalue weighted by Crippen LogP contribution is 2.24. The largest absolute Gasteiger partial charge is 0.491 e. The molecule has 0 aliphatic heterocycles. The number of benzene rings is 3. The van der Waals surface area contributed by atoms with Gasteiger partial charge in [-0.25, -0.2) is 4.98 Å². The van der Waals surface area contributed by atoms with Crippen LogP contribution in [0.3, 0.4) is 0 Å². The number of hydrogen-bond acceptors (Lipinski definition) is 3. The third kappa shape index (κ3) is 4.83. The van der Waals surface area contributed by atoms with Crippen LogP contribution in [0.25, 0.3) is 11.0 Å². The lowest BCUT2D eigenvalue weighted by Crippen LogP contribution is -2.30. The van der Waals surface area contributed by atoms with Crippen molar-refractivity contribution in [3.63, 3.8) is 0 Å². The number of carbonyl (C=O) groups excluding carboxylic acids is 1. The fourth-order valence-corrected chi connectivity index (χ4v) is 4.06. The van der Waals surface area contributed by atoms with E-state index in [1.54, 1.807) is 0 Å². The Morgan fingerprint density at radius 1 is 0.969 bits per heavy atom. The summed E-state index contributed by atoms with van der Waals surface area (Å²) in [6, 6.07) is 23.8. The summed E-state index contributed by atoms with van der Waals surface area (Å²) in [6.45, 7) is 7.26. The molecule has 1 N–H and O–H groups in total. The minimum Gasteiger partial charge on any atom is -0.491 e. The van der Waals surface area contributed by atoms with Gasteiger partial charge in [-0.3, -0.25) is 4.79 Å². The van der Waals surface area contributed by atoms with Gasteiger partial charge in [0.15, 0.2) is 0 Å². The molecule has 1 aromatic heterocycles. The average Bonchev–Trinajstić information content (AvgIpc) is 3.15. The van der Waals surface area contributed by atoms with Crippen LogP contribution in [0.4, 0.5) is 0 Å². The van der Waals surface area contributed by atoms with Crippen LogP contribution < -0.4 is 10.1 Å². The van der Waals surface area contributed by atoms with Gasteiger partial charge in [-0.2, -0.15) is 0 Å². The number of rotatable bonds is 8. The zero-order chi connectivity index (χ0) is 22.5. The lowest BCUT2D eigenvalue weighted by atomic mass is 10.1. The molecule has 1 atom stereocenters. The number of nitrogens with zero attached hydrogens (tertiary/aromatic N) is 2. The van der Waals surface area contributed by atoms with Crippen LogP contribution in [0.5, 0.6) is 5.75 Å². The van der Waals surface area contributed by atoms with Gasteiger partial charge in [0.05, 0.1) is 30.0 Å². The van der Waals surface area contributed by atoms with Gasteiger partial charge in [0.25, 0.3) is 0 Å². The molecule has 5 heteroatoms. The zero-order valence-electron chi connectivity index (χ0n) is 18.8. The molecular weight excluding hydrogens is 398 g/mol. The number of hydrogen-bond donors (Lipinski definition) is 1. The van der Waals surface area contributed by atoms with E-state index < -0.39 is 0 Å². The predicted molar refractivity (Wildman–Crippen MR) is 128 cm³/mol. The maximum Gasteiger partial charge on any atom is 0.224 e. The Bertz CT molecular complexity index is 1190. The molecular formula is C27H29N3O2. The monoisotopic (exact) mass is 427 g/mol. The number of aryl methyl sites for hydroxylation is 2. The summed E-state index contributed by atoms with van der Waals surface area (Å²) in [4.78, 5) is 17.4. The smallest absolute Gasteiger partial charge is 0.224 e. The van der Waals surface area contributed by atoms with Crippen LogP contribution in [0.1, 0.15) is 35.5 Å². The second kappa shape index (κ2) is 9.69. The van der Waals surface area contributed by atoms with E-state index in [2.05, 4.69) is 41.9 Å². The van der Waals surface area contributed by atoms with Gasteiger partial charge < -0.3 is 14.6 Å². The molecule has 4 aromatic rings. The third-order valence-electron chi connectivity index (χ3n) is 5.63. The van der Waals surface area contributed by atoms with Gasteiger partial charge in [-0.1, -0.05) is 60.7 Å². The molecule has 3 aromatic carbocycles. The van der Waals surface area contributed by atoms with Crippen molar-refractivity contribution >= 4 is 16.9 Å². The maximum atomic E-state index is 12.6. The van der Waals surface area contributed by atoms with E-state index in [-0.39, 0.29) is 11.9 Å². The van der Waals surface area contributed by atoms with Crippen molar-refractivity contribution in [3.8, 4) is 5.75 Å². The Morgan fingerprint density at radius 2 is 1.66 bits per heavy atom. The summed E-state index contributed by atoms with van der Waals surface area (Å²) >= 11 is 0. The molecule has 1 unspecified atom stereocenters. The molecule has 0 saturated heterocycles. The number of para-hydroxylation sites is 3. The Kier molecular flexibility index (Phi) is 6.55. The van der Waals surface area contributed by atoms with Gasteiger partial charge >= 0.3 is 0 Å². The highest BCUT2D eigenvalue weighted by atomic mass is 16.5. The van der Waals surface area contributed by atoms with Crippen molar-refractivity contribution in [2.75, 3.05) is 6.61 Å². The van der Waals surface area contributed by atoms with Crippen LogP contribution in [-0.4, -0.2) is 22.1 Å². The van der Waals surface area contributed by atoms with Crippen molar-refractivity contribution < 1.29 is 9.53 Å². The predicted octanol–water partition coefficient (Wildman–Crippen LogP) is 5.15. The van der Waals surface area contributed by atoms with E-state index in [4.69, 9.17) is 9.72 Å². The lowest BCUT2D eigenvalue weighted by molar-refractivity contribution is -0.121. The van der Waals surface area contributed by atoms with E-state index in [1.165, 1.54) is 0 Å². The lowest BCUT2D eigenvalue weighted by Gasteiger charge is -2.18. The second-order valence-electron chi connectivity index (χ2n) is 8.13. The molecule has 4 rings (SSSR count). The molecule has 0 spiro atoms. The topological polar surface area (TPSA) is 56.1 Å². The SMILES string of the molecule is Cc1cccc(C)c1OCCn1c(C(C)NC(=O)Cc2ccccc2)nc2ccccc21. The first-order chi connectivity index (χ1) is 15.5. The molecule has 0 fully saturated rings. The van der Waals surface area contributed by atoms with Gasteiger partial charge in [-0.05, 0) is 49.6 Å². The summed E-state index contributed by atoms with van der Waals surface area (Å²) in [7, 11) is 0. The van der Waals surface area contributed by atoms with E-state index >= 15 is 0 Å². The standard InChI is InChI=1S/C27H29N3O2/c1-19-10-9-11-20(2)26(19)32-17-16-30-24-15-8-7-14-23(24)29-27(30)21(3)28-25(31)18-22-12-5-4-6-13-22/h4-15,21H,16-18H2,1-3H3,(H,28,31). The van der Waals surface area contributed by atoms with Crippen molar-refractivity contribution in [1.29, 1.82) is 0 Å². The normalized spacial score (nSPS) is 12.0. The van der Waals surface area contributed by atoms with Crippen LogP contribution in [0, 0.1) is 13.8 Å². The van der Waals surface area contributed by atoms with Gasteiger partial charge in [0, 0.05) is 0 Å². The summed E-state index contributed by atoms with van der Waals surface area (Å²) in [5.41, 5.74) is 5.20. The number of fused-ring (bicyclic) bond motifs is 1. The summed E-state index contributed by atoms with van der Waals surface area (Å²) in [5, 5.41) is 3.11. The van der Waals surface area contributed by atoms with Crippen LogP contribution in [0.15, 0.2) is 72.8 Å². The van der Waals surface area contributed by atoms with Crippen molar-refractivity contribution in [2.24, 2.45) is 0 Å². The zero-order valence-corrected chi connectivity index (χ0v) is 18.8. The van der Waals surface area contributed by atoms with Crippen LogP contribution in [0.2, 0.25) is 0 Å². The Morgan fingerprint density at radius 3 is 2.41 bits per heavy atom. The van der Waals surface area contributed by atoms with Crippen molar-refractivity contribution in [3.05, 3.63) is 95.3 Å². The quantitative estimate of drug-likeness (QED) is 0.423. The van der Waals surface area contributed by atoms with Gasteiger partial charge in [0.1, 0.15) is 18.2 Å². The van der Waals surface area contributed by atoms with E-state index in [9.17, 15) is 4.79 Å². The number of amides is 1. The Balaban J connectivity index is 1.51. The molecule has 0 aliphatic carbocycles. The first-order valence-electron chi connectivity index (χ1n) is 11.0. The Hall–Kier alpha value is -3.60. The van der Waals surface area contributed by atoms with Gasteiger partial charge in [-0.15, -0.1) is 0 Å². The van der Waals surface area contributed by atoms with E-state index in [0.717, 1.165) is 39.3 Å². The van der Waals surface area contributed by atoms with Crippen molar-refractivity contribution in [1.82, 2.24) is 14.9 Å². The molecule has 0 aliphatic rings. The minimum absolute atomic E-state index is 0.0194. The second-order valence-corrected chi connectivity index (χ2v) is 8.13. The minimum atomic E-state index is -0.223. The maximum absolute atomic E-state index is 12.6. The summed E-state index contributed by atoms with van der Waals surface area (Å²) in [6.07, 6.45) is 0.348. The first-order valence-corrected chi connectivity index (χ1v) is 11.0.